The maximum absolute atomic E-state index is 11.5. The molecule has 0 unspecified atom stereocenters. The van der Waals surface area contributed by atoms with Gasteiger partial charge in [0.25, 0.3) is 0 Å². The van der Waals surface area contributed by atoms with Gasteiger partial charge in [0, 0.05) is 13.2 Å². The molecule has 0 spiro atoms. The summed E-state index contributed by atoms with van der Waals surface area (Å²) in [5.74, 6) is -0.398. The zero-order chi connectivity index (χ0) is 13.5. The van der Waals surface area contributed by atoms with E-state index in [4.69, 9.17) is 15.2 Å². The number of methoxy groups -OCH3 is 1. The van der Waals surface area contributed by atoms with E-state index < -0.39 is 5.97 Å². The van der Waals surface area contributed by atoms with Gasteiger partial charge in [-0.2, -0.15) is 0 Å². The molecule has 5 nitrogen and oxygen atoms in total. The number of ether oxygens (including phenoxy) is 2. The largest absolute Gasteiger partial charge is 0.465 e. The first-order valence-corrected chi connectivity index (χ1v) is 7.56. The molecule has 0 amide bonds. The summed E-state index contributed by atoms with van der Waals surface area (Å²) < 4.78 is 9.95. The van der Waals surface area contributed by atoms with Gasteiger partial charge in [0.05, 0.1) is 24.3 Å². The minimum Gasteiger partial charge on any atom is -0.465 e. The predicted molar refractivity (Wildman–Crippen MR) is 76.8 cm³/mol. The molecule has 3 N–H and O–H groups in total. The zero-order valence-electron chi connectivity index (χ0n) is 10.7. The Balaban J connectivity index is 2.80. The fourth-order valence-electron chi connectivity index (χ4n) is 1.37. The lowest BCUT2D eigenvalue weighted by atomic mass is 10.4. The highest BCUT2D eigenvalue weighted by molar-refractivity contribution is 7.99. The summed E-state index contributed by atoms with van der Waals surface area (Å²) in [6.07, 6.45) is 1.92. The number of nitrogens with two attached hydrogens (primary N) is 1. The van der Waals surface area contributed by atoms with Crippen molar-refractivity contribution in [2.45, 2.75) is 11.8 Å². The smallest absolute Gasteiger partial charge is 0.350 e. The van der Waals surface area contributed by atoms with Crippen molar-refractivity contribution >= 4 is 39.8 Å². The maximum Gasteiger partial charge on any atom is 0.350 e. The number of esters is 1. The average Bonchev–Trinajstić information content (AvgIpc) is 2.70. The summed E-state index contributed by atoms with van der Waals surface area (Å²) in [7, 11) is 1.35. The van der Waals surface area contributed by atoms with E-state index in [1.165, 1.54) is 30.2 Å². The number of carbonyl (C=O) groups excluding carboxylic acids is 1. The summed E-state index contributed by atoms with van der Waals surface area (Å²) in [5.41, 5.74) is 6.42. The third kappa shape index (κ3) is 3.54. The van der Waals surface area contributed by atoms with Gasteiger partial charge in [-0.1, -0.05) is 0 Å². The molecular formula is C11H18N2O3S2. The summed E-state index contributed by atoms with van der Waals surface area (Å²) in [5, 5.41) is 4.11. The molecule has 0 aliphatic heterocycles. The minimum absolute atomic E-state index is 0.398. The van der Waals surface area contributed by atoms with Crippen LogP contribution in [0.15, 0.2) is 4.90 Å². The van der Waals surface area contributed by atoms with Crippen LogP contribution in [0.2, 0.25) is 0 Å². The molecule has 1 heterocycles. The Bertz CT molecular complexity index is 407. The Hall–Kier alpha value is -0.920. The third-order valence-corrected chi connectivity index (χ3v) is 4.32. The van der Waals surface area contributed by atoms with Crippen molar-refractivity contribution in [1.29, 1.82) is 0 Å². The van der Waals surface area contributed by atoms with E-state index >= 15 is 0 Å². The molecule has 0 atom stereocenters. The van der Waals surface area contributed by atoms with Crippen LogP contribution >= 0.6 is 23.1 Å². The number of nitrogen functional groups attached to an aromatic ring is 1. The van der Waals surface area contributed by atoms with Gasteiger partial charge < -0.3 is 20.5 Å². The number of anilines is 2. The van der Waals surface area contributed by atoms with E-state index in [0.29, 0.717) is 30.3 Å². The summed E-state index contributed by atoms with van der Waals surface area (Å²) in [4.78, 5) is 12.9. The lowest BCUT2D eigenvalue weighted by Crippen LogP contribution is -2.08. The van der Waals surface area contributed by atoms with E-state index in [9.17, 15) is 4.79 Å². The molecule has 0 aromatic carbocycles. The SMILES string of the molecule is CCOCCNc1sc(C(=O)OC)c(N)c1SC. The van der Waals surface area contributed by atoms with E-state index in [1.807, 2.05) is 13.2 Å². The van der Waals surface area contributed by atoms with Crippen LogP contribution in [0, 0.1) is 0 Å². The Kier molecular flexibility index (Phi) is 6.31. The van der Waals surface area contributed by atoms with Gasteiger partial charge in [0.15, 0.2) is 0 Å². The summed E-state index contributed by atoms with van der Waals surface area (Å²) in [6, 6.07) is 0. The van der Waals surface area contributed by atoms with Crippen molar-refractivity contribution < 1.29 is 14.3 Å². The molecule has 7 heteroatoms. The highest BCUT2D eigenvalue weighted by Gasteiger charge is 2.20. The van der Waals surface area contributed by atoms with Crippen LogP contribution in [0.1, 0.15) is 16.6 Å². The fraction of sp³-hybridized carbons (Fsp3) is 0.545. The number of thiophene rings is 1. The molecule has 102 valence electrons. The second-order valence-electron chi connectivity index (χ2n) is 3.32. The van der Waals surface area contributed by atoms with Crippen LogP contribution in [0.4, 0.5) is 10.7 Å². The first-order valence-electron chi connectivity index (χ1n) is 5.51. The highest BCUT2D eigenvalue weighted by atomic mass is 32.2. The first-order chi connectivity index (χ1) is 8.65. The Morgan fingerprint density at radius 2 is 2.28 bits per heavy atom. The molecule has 0 aliphatic carbocycles. The van der Waals surface area contributed by atoms with Gasteiger partial charge in [0.1, 0.15) is 9.88 Å². The normalized spacial score (nSPS) is 10.4. The van der Waals surface area contributed by atoms with Crippen molar-refractivity contribution in [3.05, 3.63) is 4.88 Å². The van der Waals surface area contributed by atoms with Crippen LogP contribution in [0.5, 0.6) is 0 Å². The number of nitrogens with one attached hydrogen (secondary N) is 1. The Morgan fingerprint density at radius 1 is 1.56 bits per heavy atom. The van der Waals surface area contributed by atoms with Gasteiger partial charge in [0.2, 0.25) is 0 Å². The standard InChI is InChI=1S/C11H18N2O3S2/c1-4-16-6-5-13-10-8(17-3)7(12)9(18-10)11(14)15-2/h13H,4-6,12H2,1-3H3. The van der Waals surface area contributed by atoms with E-state index in [0.717, 1.165) is 9.90 Å². The molecule has 1 aromatic rings. The lowest BCUT2D eigenvalue weighted by molar-refractivity contribution is 0.0607. The van der Waals surface area contributed by atoms with Crippen LogP contribution in [-0.4, -0.2) is 39.1 Å². The summed E-state index contributed by atoms with van der Waals surface area (Å²) in [6.45, 7) is 3.94. The van der Waals surface area contributed by atoms with Gasteiger partial charge in [-0.15, -0.1) is 23.1 Å². The van der Waals surface area contributed by atoms with Crippen molar-refractivity contribution in [2.75, 3.05) is 44.2 Å². The first kappa shape index (κ1) is 15.1. The molecule has 0 saturated carbocycles. The predicted octanol–water partition coefficient (Wildman–Crippen LogP) is 2.29. The lowest BCUT2D eigenvalue weighted by Gasteiger charge is -2.05. The number of rotatable bonds is 7. The topological polar surface area (TPSA) is 73.6 Å². The van der Waals surface area contributed by atoms with E-state index in [2.05, 4.69) is 5.32 Å². The van der Waals surface area contributed by atoms with Crippen molar-refractivity contribution in [2.24, 2.45) is 0 Å². The number of carbonyl (C=O) groups is 1. The molecule has 0 aliphatic rings. The average molecular weight is 290 g/mol. The molecule has 0 bridgehead atoms. The quantitative estimate of drug-likeness (QED) is 0.456. The van der Waals surface area contributed by atoms with Gasteiger partial charge in [-0.05, 0) is 13.2 Å². The van der Waals surface area contributed by atoms with Gasteiger partial charge >= 0.3 is 5.97 Å². The molecule has 0 radical (unpaired) electrons. The van der Waals surface area contributed by atoms with E-state index in [1.54, 1.807) is 0 Å². The Morgan fingerprint density at radius 3 is 2.83 bits per heavy atom. The van der Waals surface area contributed by atoms with Crippen molar-refractivity contribution in [3.8, 4) is 0 Å². The van der Waals surface area contributed by atoms with Crippen molar-refractivity contribution in [1.82, 2.24) is 0 Å². The molecular weight excluding hydrogens is 272 g/mol. The number of thioether (sulfide) groups is 1. The minimum atomic E-state index is -0.398. The fourth-order valence-corrected chi connectivity index (χ4v) is 3.35. The molecule has 0 fully saturated rings. The molecule has 0 saturated heterocycles. The van der Waals surface area contributed by atoms with Crippen LogP contribution in [0.3, 0.4) is 0 Å². The zero-order valence-corrected chi connectivity index (χ0v) is 12.4. The van der Waals surface area contributed by atoms with Gasteiger partial charge in [-0.3, -0.25) is 0 Å². The van der Waals surface area contributed by atoms with Crippen LogP contribution in [-0.2, 0) is 9.47 Å². The number of hydrogen-bond acceptors (Lipinski definition) is 7. The molecule has 18 heavy (non-hydrogen) atoms. The third-order valence-electron chi connectivity index (χ3n) is 2.21. The van der Waals surface area contributed by atoms with E-state index in [-0.39, 0.29) is 0 Å². The monoisotopic (exact) mass is 290 g/mol. The van der Waals surface area contributed by atoms with Crippen LogP contribution < -0.4 is 11.1 Å². The van der Waals surface area contributed by atoms with Crippen molar-refractivity contribution in [3.63, 3.8) is 0 Å². The summed E-state index contributed by atoms with van der Waals surface area (Å²) >= 11 is 2.82. The van der Waals surface area contributed by atoms with Crippen LogP contribution in [0.25, 0.3) is 0 Å². The number of hydrogen-bond donors (Lipinski definition) is 2. The van der Waals surface area contributed by atoms with Gasteiger partial charge in [-0.25, -0.2) is 4.79 Å². The molecule has 1 aromatic heterocycles. The maximum atomic E-state index is 11.5. The Labute approximate surface area is 115 Å². The second kappa shape index (κ2) is 7.50. The molecule has 1 rings (SSSR count). The second-order valence-corrected chi connectivity index (χ2v) is 5.16. The highest BCUT2D eigenvalue weighted by Crippen LogP contribution is 2.41.